The third-order valence-electron chi connectivity index (χ3n) is 2.74. The molecule has 1 unspecified atom stereocenters. The summed E-state index contributed by atoms with van der Waals surface area (Å²) in [5.41, 5.74) is 1.09. The maximum Gasteiger partial charge on any atom is 0.0593 e. The molecule has 0 aliphatic heterocycles. The topological polar surface area (TPSA) is 12.0 Å². The molecule has 1 aromatic rings. The largest absolute Gasteiger partial charge is 0.382 e. The Bertz CT molecular complexity index is 349. The molecule has 82 valence electrons. The Hall–Kier alpha value is -0.210. The zero-order valence-corrected chi connectivity index (χ0v) is 11.1. The third kappa shape index (κ3) is 3.12. The molecule has 1 aliphatic carbocycles. The summed E-state index contributed by atoms with van der Waals surface area (Å²) >= 11 is 9.52. The second-order valence-corrected chi connectivity index (χ2v) is 5.53. The van der Waals surface area contributed by atoms with E-state index in [1.54, 1.807) is 0 Å². The van der Waals surface area contributed by atoms with E-state index >= 15 is 0 Å². The van der Waals surface area contributed by atoms with Crippen molar-refractivity contribution in [3.8, 4) is 0 Å². The predicted molar refractivity (Wildman–Crippen MR) is 69.6 cm³/mol. The highest BCUT2D eigenvalue weighted by atomic mass is 79.9. The minimum Gasteiger partial charge on any atom is -0.382 e. The van der Waals surface area contributed by atoms with Crippen LogP contribution in [0.1, 0.15) is 26.2 Å². The van der Waals surface area contributed by atoms with Crippen LogP contribution in [0.5, 0.6) is 0 Å². The van der Waals surface area contributed by atoms with Gasteiger partial charge in [0.1, 0.15) is 0 Å². The molecule has 1 nitrogen and oxygen atoms in total. The highest BCUT2D eigenvalue weighted by Gasteiger charge is 2.23. The molecule has 1 aliphatic rings. The lowest BCUT2D eigenvalue weighted by molar-refractivity contribution is 0.642. The summed E-state index contributed by atoms with van der Waals surface area (Å²) in [6.07, 6.45) is 4.07. The fourth-order valence-electron chi connectivity index (χ4n) is 1.79. The van der Waals surface area contributed by atoms with E-state index in [4.69, 9.17) is 11.6 Å². The van der Waals surface area contributed by atoms with Crippen molar-refractivity contribution in [1.29, 1.82) is 0 Å². The number of rotatable bonds is 4. The molecule has 0 bridgehead atoms. The summed E-state index contributed by atoms with van der Waals surface area (Å²) in [4.78, 5) is 0. The van der Waals surface area contributed by atoms with E-state index in [0.29, 0.717) is 6.04 Å². The van der Waals surface area contributed by atoms with Gasteiger partial charge in [0.25, 0.3) is 0 Å². The fraction of sp³-hybridized carbons (Fsp3) is 0.500. The first kappa shape index (κ1) is 11.3. The lowest BCUT2D eigenvalue weighted by Gasteiger charge is -2.16. The highest BCUT2D eigenvalue weighted by Crippen LogP contribution is 2.35. The van der Waals surface area contributed by atoms with E-state index in [9.17, 15) is 0 Å². The smallest absolute Gasteiger partial charge is 0.0593 e. The van der Waals surface area contributed by atoms with Crippen molar-refractivity contribution in [3.05, 3.63) is 27.7 Å². The Kier molecular flexibility index (Phi) is 3.57. The summed E-state index contributed by atoms with van der Waals surface area (Å²) in [5, 5.41) is 4.25. The monoisotopic (exact) mass is 287 g/mol. The molecule has 1 aromatic carbocycles. The highest BCUT2D eigenvalue weighted by molar-refractivity contribution is 9.10. The average Bonchev–Trinajstić information content (AvgIpc) is 2.97. The summed E-state index contributed by atoms with van der Waals surface area (Å²) < 4.78 is 0.967. The number of anilines is 1. The van der Waals surface area contributed by atoms with Gasteiger partial charge in [-0.3, -0.25) is 0 Å². The van der Waals surface area contributed by atoms with E-state index in [1.807, 2.05) is 12.1 Å². The average molecular weight is 289 g/mol. The van der Waals surface area contributed by atoms with E-state index in [0.717, 1.165) is 21.1 Å². The first-order chi connectivity index (χ1) is 7.16. The zero-order chi connectivity index (χ0) is 10.8. The van der Waals surface area contributed by atoms with Crippen LogP contribution in [0.15, 0.2) is 22.7 Å². The van der Waals surface area contributed by atoms with Crippen LogP contribution in [0.3, 0.4) is 0 Å². The van der Waals surface area contributed by atoms with Crippen molar-refractivity contribution < 1.29 is 0 Å². The van der Waals surface area contributed by atoms with Gasteiger partial charge in [0.15, 0.2) is 0 Å². The van der Waals surface area contributed by atoms with E-state index in [2.05, 4.69) is 34.2 Å². The SMILES string of the molecule is CC(CC1CC1)Nc1cccc(Cl)c1Br. The number of benzene rings is 1. The second kappa shape index (κ2) is 4.75. The summed E-state index contributed by atoms with van der Waals surface area (Å²) in [6, 6.07) is 6.44. The predicted octanol–water partition coefficient (Wildman–Crippen LogP) is 4.70. The van der Waals surface area contributed by atoms with Crippen LogP contribution in [0.2, 0.25) is 5.02 Å². The van der Waals surface area contributed by atoms with Crippen molar-refractivity contribution in [2.45, 2.75) is 32.2 Å². The Labute approximate surface area is 104 Å². The molecule has 0 heterocycles. The first-order valence-electron chi connectivity index (χ1n) is 5.37. The standard InChI is InChI=1S/C12H15BrClN/c1-8(7-9-5-6-9)15-11-4-2-3-10(14)12(11)13/h2-4,8-9,15H,5-7H2,1H3. The van der Waals surface area contributed by atoms with E-state index in [1.165, 1.54) is 19.3 Å². The molecule has 0 aromatic heterocycles. The van der Waals surface area contributed by atoms with Gasteiger partial charge in [-0.05, 0) is 47.3 Å². The lowest BCUT2D eigenvalue weighted by Crippen LogP contribution is -2.15. The molecule has 15 heavy (non-hydrogen) atoms. The van der Waals surface area contributed by atoms with Crippen molar-refractivity contribution in [1.82, 2.24) is 0 Å². The van der Waals surface area contributed by atoms with Crippen LogP contribution in [-0.2, 0) is 0 Å². The molecule has 1 fully saturated rings. The number of halogens is 2. The molecular formula is C12H15BrClN. The fourth-order valence-corrected chi connectivity index (χ4v) is 2.35. The first-order valence-corrected chi connectivity index (χ1v) is 6.54. The van der Waals surface area contributed by atoms with E-state index < -0.39 is 0 Å². The summed E-state index contributed by atoms with van der Waals surface area (Å²) in [7, 11) is 0. The van der Waals surface area contributed by atoms with Crippen LogP contribution in [-0.4, -0.2) is 6.04 Å². The molecule has 0 saturated heterocycles. The van der Waals surface area contributed by atoms with Crippen LogP contribution in [0.25, 0.3) is 0 Å². The van der Waals surface area contributed by atoms with Crippen molar-refractivity contribution in [2.24, 2.45) is 5.92 Å². The minimum atomic E-state index is 0.521. The molecule has 0 amide bonds. The number of hydrogen-bond acceptors (Lipinski definition) is 1. The maximum absolute atomic E-state index is 6.03. The molecule has 1 N–H and O–H groups in total. The lowest BCUT2D eigenvalue weighted by atomic mass is 10.1. The molecule has 2 rings (SSSR count). The minimum absolute atomic E-state index is 0.521. The number of hydrogen-bond donors (Lipinski definition) is 1. The van der Waals surface area contributed by atoms with Gasteiger partial charge in [-0.15, -0.1) is 0 Å². The summed E-state index contributed by atoms with van der Waals surface area (Å²) in [6.45, 7) is 2.23. The molecule has 1 atom stereocenters. The molecule has 3 heteroatoms. The summed E-state index contributed by atoms with van der Waals surface area (Å²) in [5.74, 6) is 0.949. The molecule has 0 spiro atoms. The van der Waals surface area contributed by atoms with Crippen LogP contribution >= 0.6 is 27.5 Å². The second-order valence-electron chi connectivity index (χ2n) is 4.33. The molecular weight excluding hydrogens is 273 g/mol. The van der Waals surface area contributed by atoms with Gasteiger partial charge < -0.3 is 5.32 Å². The van der Waals surface area contributed by atoms with Gasteiger partial charge in [0.2, 0.25) is 0 Å². The quantitative estimate of drug-likeness (QED) is 0.846. The Morgan fingerprint density at radius 1 is 1.53 bits per heavy atom. The Morgan fingerprint density at radius 2 is 2.27 bits per heavy atom. The molecule has 1 saturated carbocycles. The van der Waals surface area contributed by atoms with Gasteiger partial charge in [-0.1, -0.05) is 30.5 Å². The van der Waals surface area contributed by atoms with Crippen LogP contribution in [0.4, 0.5) is 5.69 Å². The van der Waals surface area contributed by atoms with Gasteiger partial charge >= 0.3 is 0 Å². The maximum atomic E-state index is 6.03. The van der Waals surface area contributed by atoms with Crippen LogP contribution in [0, 0.1) is 5.92 Å². The van der Waals surface area contributed by atoms with Gasteiger partial charge in [0.05, 0.1) is 15.2 Å². The van der Waals surface area contributed by atoms with E-state index in [-0.39, 0.29) is 0 Å². The Balaban J connectivity index is 1.99. The van der Waals surface area contributed by atoms with Crippen molar-refractivity contribution in [2.75, 3.05) is 5.32 Å². The number of nitrogens with one attached hydrogen (secondary N) is 1. The molecule has 0 radical (unpaired) electrons. The third-order valence-corrected chi connectivity index (χ3v) is 4.13. The Morgan fingerprint density at radius 3 is 2.93 bits per heavy atom. The van der Waals surface area contributed by atoms with Crippen molar-refractivity contribution in [3.63, 3.8) is 0 Å². The van der Waals surface area contributed by atoms with Gasteiger partial charge in [-0.2, -0.15) is 0 Å². The normalized spacial score (nSPS) is 17.5. The van der Waals surface area contributed by atoms with Gasteiger partial charge in [0, 0.05) is 6.04 Å². The van der Waals surface area contributed by atoms with Crippen LogP contribution < -0.4 is 5.32 Å². The van der Waals surface area contributed by atoms with Crippen molar-refractivity contribution >= 4 is 33.2 Å². The van der Waals surface area contributed by atoms with Gasteiger partial charge in [-0.25, -0.2) is 0 Å². The zero-order valence-electron chi connectivity index (χ0n) is 8.76.